The van der Waals surface area contributed by atoms with Crippen molar-refractivity contribution in [2.45, 2.75) is 43.4 Å². The number of phenols is 1. The van der Waals surface area contributed by atoms with Crippen LogP contribution in [-0.2, 0) is 17.6 Å². The Hall–Kier alpha value is -1.87. The number of halogens is 1. The standard InChI is InChI=1S/C21H23ClO7/c22-16-11(7-10-1-3-12(24)4-2-10)8-14(13-5-6-28-20(13)16)21-19(27)18(26)17(25)15(9-23)29-21/h1-4,8,15,17-19,21,23-27H,5-7,9H2/t15-,17-,18+,19-,21+/m1/s1. The van der Waals surface area contributed by atoms with Gasteiger partial charge >= 0.3 is 0 Å². The normalized spacial score (nSPS) is 28.8. The first kappa shape index (κ1) is 20.4. The van der Waals surface area contributed by atoms with Crippen molar-refractivity contribution in [1.29, 1.82) is 0 Å². The number of benzene rings is 2. The van der Waals surface area contributed by atoms with Crippen LogP contribution in [0.25, 0.3) is 0 Å². The second kappa shape index (κ2) is 8.10. The average Bonchev–Trinajstić information content (AvgIpc) is 3.21. The Bertz CT molecular complexity index is 884. The molecule has 156 valence electrons. The van der Waals surface area contributed by atoms with Gasteiger partial charge in [-0.2, -0.15) is 0 Å². The minimum absolute atomic E-state index is 0.166. The minimum atomic E-state index is -1.46. The SMILES string of the molecule is OC[C@H]1O[C@@H](c2cc(Cc3ccc(O)cc3)c(Cl)c3c2CCO3)[C@H](O)[C@@H](O)[C@@H]1O. The van der Waals surface area contributed by atoms with Crippen molar-refractivity contribution < 1.29 is 35.0 Å². The summed E-state index contributed by atoms with van der Waals surface area (Å²) in [6.45, 7) is -0.0593. The van der Waals surface area contributed by atoms with Crippen LogP contribution in [0, 0.1) is 0 Å². The number of rotatable bonds is 4. The van der Waals surface area contributed by atoms with Crippen molar-refractivity contribution in [1.82, 2.24) is 0 Å². The fourth-order valence-corrected chi connectivity index (χ4v) is 4.28. The van der Waals surface area contributed by atoms with Gasteiger partial charge in [0.05, 0.1) is 18.2 Å². The minimum Gasteiger partial charge on any atom is -0.508 e. The topological polar surface area (TPSA) is 120 Å². The van der Waals surface area contributed by atoms with Crippen LogP contribution in [0.5, 0.6) is 11.5 Å². The van der Waals surface area contributed by atoms with Crippen LogP contribution in [0.15, 0.2) is 30.3 Å². The Kier molecular flexibility index (Phi) is 5.70. The van der Waals surface area contributed by atoms with Crippen molar-refractivity contribution in [3.05, 3.63) is 57.6 Å². The predicted octanol–water partition coefficient (Wildman–Crippen LogP) is 1.09. The van der Waals surface area contributed by atoms with E-state index < -0.39 is 37.1 Å². The smallest absolute Gasteiger partial charge is 0.141 e. The van der Waals surface area contributed by atoms with Gasteiger partial charge in [-0.15, -0.1) is 0 Å². The van der Waals surface area contributed by atoms with E-state index in [4.69, 9.17) is 21.1 Å². The molecule has 1 fully saturated rings. The Labute approximate surface area is 172 Å². The highest BCUT2D eigenvalue weighted by Gasteiger charge is 2.45. The first-order valence-corrected chi connectivity index (χ1v) is 9.84. The van der Waals surface area contributed by atoms with Crippen molar-refractivity contribution in [3.63, 3.8) is 0 Å². The molecule has 0 aliphatic carbocycles. The second-order valence-corrected chi connectivity index (χ2v) is 7.82. The van der Waals surface area contributed by atoms with Gasteiger partial charge in [0.25, 0.3) is 0 Å². The van der Waals surface area contributed by atoms with Gasteiger partial charge in [0, 0.05) is 12.0 Å². The molecule has 2 heterocycles. The van der Waals surface area contributed by atoms with Crippen LogP contribution in [0.1, 0.15) is 28.4 Å². The van der Waals surface area contributed by atoms with Gasteiger partial charge < -0.3 is 35.0 Å². The third-order valence-electron chi connectivity index (χ3n) is 5.56. The fraction of sp³-hybridized carbons (Fsp3) is 0.429. The van der Waals surface area contributed by atoms with Crippen LogP contribution < -0.4 is 4.74 Å². The summed E-state index contributed by atoms with van der Waals surface area (Å²) >= 11 is 6.58. The summed E-state index contributed by atoms with van der Waals surface area (Å²) in [5.74, 6) is 0.689. The number of phenolic OH excluding ortho intramolecular Hbond substituents is 1. The molecule has 4 rings (SSSR count). The molecular formula is C21H23ClO7. The molecule has 29 heavy (non-hydrogen) atoms. The third kappa shape index (κ3) is 3.70. The first-order valence-electron chi connectivity index (χ1n) is 9.46. The molecule has 5 N–H and O–H groups in total. The molecule has 0 amide bonds. The van der Waals surface area contributed by atoms with E-state index in [2.05, 4.69) is 0 Å². The summed E-state index contributed by atoms with van der Waals surface area (Å²) < 4.78 is 11.5. The van der Waals surface area contributed by atoms with Crippen molar-refractivity contribution in [2.75, 3.05) is 13.2 Å². The molecule has 0 bridgehead atoms. The van der Waals surface area contributed by atoms with E-state index >= 15 is 0 Å². The highest BCUT2D eigenvalue weighted by Crippen LogP contribution is 2.44. The molecule has 7 nitrogen and oxygen atoms in total. The predicted molar refractivity (Wildman–Crippen MR) is 104 cm³/mol. The van der Waals surface area contributed by atoms with E-state index in [9.17, 15) is 25.5 Å². The van der Waals surface area contributed by atoms with Crippen molar-refractivity contribution in [2.24, 2.45) is 0 Å². The summed E-state index contributed by atoms with van der Waals surface area (Å²) in [6.07, 6.45) is -5.16. The summed E-state index contributed by atoms with van der Waals surface area (Å²) in [4.78, 5) is 0. The number of hydrogen-bond acceptors (Lipinski definition) is 7. The summed E-state index contributed by atoms with van der Waals surface area (Å²) in [5.41, 5.74) is 3.06. The summed E-state index contributed by atoms with van der Waals surface area (Å²) in [7, 11) is 0. The molecular weight excluding hydrogens is 400 g/mol. The van der Waals surface area contributed by atoms with Gasteiger partial charge in [0.2, 0.25) is 0 Å². The first-order chi connectivity index (χ1) is 13.9. The Morgan fingerprint density at radius 2 is 1.76 bits per heavy atom. The highest BCUT2D eigenvalue weighted by atomic mass is 35.5. The number of hydrogen-bond donors (Lipinski definition) is 5. The number of aliphatic hydroxyl groups is 4. The zero-order chi connectivity index (χ0) is 20.7. The van der Waals surface area contributed by atoms with Crippen LogP contribution in [0.3, 0.4) is 0 Å². The number of fused-ring (bicyclic) bond motifs is 1. The number of aromatic hydroxyl groups is 1. The van der Waals surface area contributed by atoms with Crippen LogP contribution >= 0.6 is 11.6 Å². The van der Waals surface area contributed by atoms with E-state index in [0.29, 0.717) is 35.8 Å². The maximum absolute atomic E-state index is 10.6. The van der Waals surface area contributed by atoms with Gasteiger partial charge in [-0.1, -0.05) is 29.8 Å². The molecule has 0 saturated carbocycles. The van der Waals surface area contributed by atoms with Crippen molar-refractivity contribution >= 4 is 11.6 Å². The van der Waals surface area contributed by atoms with Gasteiger partial charge in [-0.3, -0.25) is 0 Å². The zero-order valence-electron chi connectivity index (χ0n) is 15.5. The van der Waals surface area contributed by atoms with E-state index in [1.165, 1.54) is 0 Å². The maximum atomic E-state index is 10.6. The lowest BCUT2D eigenvalue weighted by Gasteiger charge is -2.40. The van der Waals surface area contributed by atoms with Gasteiger partial charge in [-0.05, 0) is 35.2 Å². The lowest BCUT2D eigenvalue weighted by atomic mass is 9.87. The molecule has 1 saturated heterocycles. The molecule has 0 unspecified atom stereocenters. The van der Waals surface area contributed by atoms with Crippen molar-refractivity contribution in [3.8, 4) is 11.5 Å². The molecule has 5 atom stereocenters. The third-order valence-corrected chi connectivity index (χ3v) is 5.98. The molecule has 0 aromatic heterocycles. The van der Waals surface area contributed by atoms with Crippen LogP contribution in [0.2, 0.25) is 5.02 Å². The van der Waals surface area contributed by atoms with Gasteiger partial charge in [0.15, 0.2) is 0 Å². The monoisotopic (exact) mass is 422 g/mol. The lowest BCUT2D eigenvalue weighted by molar-refractivity contribution is -0.231. The fourth-order valence-electron chi connectivity index (χ4n) is 3.99. The van der Waals surface area contributed by atoms with Crippen LogP contribution in [-0.4, -0.2) is 63.2 Å². The molecule has 0 spiro atoms. The molecule has 2 aromatic rings. The lowest BCUT2D eigenvalue weighted by Crippen LogP contribution is -2.55. The number of aliphatic hydroxyl groups excluding tert-OH is 4. The Morgan fingerprint density at radius 3 is 2.45 bits per heavy atom. The van der Waals surface area contributed by atoms with Gasteiger partial charge in [0.1, 0.15) is 42.0 Å². The van der Waals surface area contributed by atoms with Crippen LogP contribution in [0.4, 0.5) is 0 Å². The summed E-state index contributed by atoms with van der Waals surface area (Å²) in [5, 5.41) is 50.3. The van der Waals surface area contributed by atoms with E-state index in [1.807, 2.05) is 6.07 Å². The molecule has 0 radical (unpaired) electrons. The van der Waals surface area contributed by atoms with E-state index in [0.717, 1.165) is 16.7 Å². The largest absolute Gasteiger partial charge is 0.508 e. The maximum Gasteiger partial charge on any atom is 0.141 e. The number of ether oxygens (including phenoxy) is 2. The molecule has 2 aliphatic heterocycles. The van der Waals surface area contributed by atoms with E-state index in [1.54, 1.807) is 24.3 Å². The molecule has 2 aliphatic rings. The average molecular weight is 423 g/mol. The molecule has 8 heteroatoms. The quantitative estimate of drug-likeness (QED) is 0.500. The Morgan fingerprint density at radius 1 is 1.03 bits per heavy atom. The zero-order valence-corrected chi connectivity index (χ0v) is 16.3. The van der Waals surface area contributed by atoms with E-state index in [-0.39, 0.29) is 5.75 Å². The Balaban J connectivity index is 1.75. The highest BCUT2D eigenvalue weighted by molar-refractivity contribution is 6.33. The summed E-state index contributed by atoms with van der Waals surface area (Å²) in [6, 6.07) is 8.56. The second-order valence-electron chi connectivity index (χ2n) is 7.44. The molecule has 2 aromatic carbocycles. The van der Waals surface area contributed by atoms with Gasteiger partial charge in [-0.25, -0.2) is 0 Å².